The SMILES string of the molecule is Cc1ccc(Sc2ccc(C(=O)N(C[C@H]3CCCO3)[C@H]3CCS(=O)(=O)C3)cc2[N+](=O)[O-])cc1. The molecule has 0 N–H and O–H groups in total. The molecule has 0 bridgehead atoms. The van der Waals surface area contributed by atoms with Gasteiger partial charge in [-0.3, -0.25) is 14.9 Å². The summed E-state index contributed by atoms with van der Waals surface area (Å²) in [6.45, 7) is 2.87. The Morgan fingerprint density at radius 2 is 1.97 bits per heavy atom. The van der Waals surface area contributed by atoms with E-state index in [1.165, 1.54) is 17.8 Å². The van der Waals surface area contributed by atoms with E-state index >= 15 is 0 Å². The molecule has 33 heavy (non-hydrogen) atoms. The molecule has 2 aromatic carbocycles. The third-order valence-corrected chi connectivity index (χ3v) is 8.81. The number of ether oxygens (including phenoxy) is 1. The highest BCUT2D eigenvalue weighted by Crippen LogP contribution is 2.36. The molecule has 2 aromatic rings. The summed E-state index contributed by atoms with van der Waals surface area (Å²) in [7, 11) is -3.20. The molecule has 2 aliphatic rings. The Bertz CT molecular complexity index is 1140. The Morgan fingerprint density at radius 3 is 2.58 bits per heavy atom. The van der Waals surface area contributed by atoms with E-state index in [0.717, 1.165) is 23.3 Å². The van der Waals surface area contributed by atoms with Gasteiger partial charge in [-0.15, -0.1) is 0 Å². The van der Waals surface area contributed by atoms with Crippen LogP contribution in [-0.4, -0.2) is 61.0 Å². The Balaban J connectivity index is 1.61. The first-order valence-corrected chi connectivity index (χ1v) is 13.5. The van der Waals surface area contributed by atoms with E-state index in [1.807, 2.05) is 31.2 Å². The molecule has 0 radical (unpaired) electrons. The number of hydrogen-bond acceptors (Lipinski definition) is 7. The van der Waals surface area contributed by atoms with Crippen molar-refractivity contribution in [2.45, 2.75) is 48.1 Å². The Labute approximate surface area is 197 Å². The lowest BCUT2D eigenvalue weighted by atomic mass is 10.1. The van der Waals surface area contributed by atoms with Crippen molar-refractivity contribution in [2.75, 3.05) is 24.7 Å². The summed E-state index contributed by atoms with van der Waals surface area (Å²) in [4.78, 5) is 27.6. The molecule has 2 saturated heterocycles. The monoisotopic (exact) mass is 490 g/mol. The number of nitro benzene ring substituents is 1. The summed E-state index contributed by atoms with van der Waals surface area (Å²) in [5, 5.41) is 11.8. The predicted molar refractivity (Wildman–Crippen MR) is 125 cm³/mol. The van der Waals surface area contributed by atoms with Gasteiger partial charge in [0.05, 0.1) is 27.4 Å². The lowest BCUT2D eigenvalue weighted by molar-refractivity contribution is -0.387. The van der Waals surface area contributed by atoms with Crippen molar-refractivity contribution in [3.63, 3.8) is 0 Å². The maximum absolute atomic E-state index is 13.5. The van der Waals surface area contributed by atoms with Crippen LogP contribution in [0.4, 0.5) is 5.69 Å². The molecule has 4 rings (SSSR count). The fraction of sp³-hybridized carbons (Fsp3) is 0.435. The molecule has 2 heterocycles. The van der Waals surface area contributed by atoms with Crippen LogP contribution in [0.5, 0.6) is 0 Å². The second-order valence-electron chi connectivity index (χ2n) is 8.50. The third kappa shape index (κ3) is 5.74. The zero-order valence-corrected chi connectivity index (χ0v) is 19.9. The van der Waals surface area contributed by atoms with E-state index in [9.17, 15) is 23.3 Å². The highest BCUT2D eigenvalue weighted by molar-refractivity contribution is 7.99. The molecule has 0 unspecified atom stereocenters. The first kappa shape index (κ1) is 23.7. The number of rotatable bonds is 7. The van der Waals surface area contributed by atoms with Crippen LogP contribution in [0.2, 0.25) is 0 Å². The summed E-state index contributed by atoms with van der Waals surface area (Å²) in [6.07, 6.45) is 1.91. The van der Waals surface area contributed by atoms with E-state index in [0.29, 0.717) is 17.9 Å². The van der Waals surface area contributed by atoms with Gasteiger partial charge in [0.15, 0.2) is 9.84 Å². The molecule has 2 fully saturated rings. The molecule has 0 saturated carbocycles. The molecule has 0 aliphatic carbocycles. The normalized spacial score (nSPS) is 21.7. The third-order valence-electron chi connectivity index (χ3n) is 5.99. The fourth-order valence-corrected chi connectivity index (χ4v) is 6.84. The summed E-state index contributed by atoms with van der Waals surface area (Å²) < 4.78 is 29.8. The zero-order valence-electron chi connectivity index (χ0n) is 18.3. The molecular formula is C23H26N2O6S2. The molecule has 0 aromatic heterocycles. The minimum absolute atomic E-state index is 0.0409. The summed E-state index contributed by atoms with van der Waals surface area (Å²) in [5.41, 5.74) is 1.12. The number of carbonyl (C=O) groups excluding carboxylic acids is 1. The van der Waals surface area contributed by atoms with Crippen molar-refractivity contribution in [2.24, 2.45) is 0 Å². The van der Waals surface area contributed by atoms with Crippen molar-refractivity contribution in [3.05, 3.63) is 63.7 Å². The van der Waals surface area contributed by atoms with Crippen LogP contribution >= 0.6 is 11.8 Å². The highest BCUT2D eigenvalue weighted by atomic mass is 32.2. The number of aryl methyl sites for hydroxylation is 1. The maximum atomic E-state index is 13.5. The van der Waals surface area contributed by atoms with Gasteiger partial charge >= 0.3 is 0 Å². The lowest BCUT2D eigenvalue weighted by Crippen LogP contribution is -2.45. The van der Waals surface area contributed by atoms with Gasteiger partial charge in [0.2, 0.25) is 0 Å². The van der Waals surface area contributed by atoms with E-state index in [-0.39, 0.29) is 35.4 Å². The Morgan fingerprint density at radius 1 is 1.21 bits per heavy atom. The van der Waals surface area contributed by atoms with Crippen molar-refractivity contribution >= 4 is 33.2 Å². The number of sulfone groups is 1. The fourth-order valence-electron chi connectivity index (χ4n) is 4.21. The topological polar surface area (TPSA) is 107 Å². The smallest absolute Gasteiger partial charge is 0.284 e. The van der Waals surface area contributed by atoms with Crippen LogP contribution in [0.15, 0.2) is 52.3 Å². The van der Waals surface area contributed by atoms with Crippen LogP contribution in [-0.2, 0) is 14.6 Å². The van der Waals surface area contributed by atoms with Gasteiger partial charge in [-0.1, -0.05) is 29.5 Å². The second kappa shape index (κ2) is 9.82. The van der Waals surface area contributed by atoms with E-state index in [4.69, 9.17) is 4.74 Å². The van der Waals surface area contributed by atoms with E-state index in [1.54, 1.807) is 17.0 Å². The van der Waals surface area contributed by atoms with Gasteiger partial charge in [-0.25, -0.2) is 8.42 Å². The number of amides is 1. The van der Waals surface area contributed by atoms with Crippen LogP contribution in [0.3, 0.4) is 0 Å². The standard InChI is InChI=1S/C23H26N2O6S2/c1-16-4-7-20(8-5-16)32-22-9-6-17(13-21(22)25(27)28)23(26)24(14-19-3-2-11-31-19)18-10-12-33(29,30)15-18/h4-9,13,18-19H,2-3,10-12,14-15H2,1H3/t18-,19+/m0/s1. The van der Waals surface area contributed by atoms with Crippen molar-refractivity contribution in [1.82, 2.24) is 4.90 Å². The highest BCUT2D eigenvalue weighted by Gasteiger charge is 2.37. The van der Waals surface area contributed by atoms with Crippen LogP contribution in [0, 0.1) is 17.0 Å². The molecule has 10 heteroatoms. The summed E-state index contributed by atoms with van der Waals surface area (Å²) in [5.74, 6) is -0.448. The van der Waals surface area contributed by atoms with Crippen LogP contribution in [0.25, 0.3) is 0 Å². The predicted octanol–water partition coefficient (Wildman–Crippen LogP) is 3.86. The minimum atomic E-state index is -3.20. The molecule has 176 valence electrons. The van der Waals surface area contributed by atoms with Crippen molar-refractivity contribution in [1.29, 1.82) is 0 Å². The van der Waals surface area contributed by atoms with Gasteiger partial charge in [0.1, 0.15) is 0 Å². The quantitative estimate of drug-likeness (QED) is 0.428. The summed E-state index contributed by atoms with van der Waals surface area (Å²) in [6, 6.07) is 11.7. The molecule has 2 aliphatic heterocycles. The zero-order chi connectivity index (χ0) is 23.6. The minimum Gasteiger partial charge on any atom is -0.376 e. The molecule has 2 atom stereocenters. The number of nitrogens with zero attached hydrogens (tertiary/aromatic N) is 2. The Hall–Kier alpha value is -2.43. The number of carbonyl (C=O) groups is 1. The van der Waals surface area contributed by atoms with E-state index in [2.05, 4.69) is 0 Å². The van der Waals surface area contributed by atoms with Gasteiger partial charge < -0.3 is 9.64 Å². The van der Waals surface area contributed by atoms with Crippen molar-refractivity contribution in [3.8, 4) is 0 Å². The first-order chi connectivity index (χ1) is 15.7. The molecular weight excluding hydrogens is 464 g/mol. The van der Waals surface area contributed by atoms with Gasteiger partial charge in [-0.05, 0) is 50.5 Å². The summed E-state index contributed by atoms with van der Waals surface area (Å²) >= 11 is 1.27. The largest absolute Gasteiger partial charge is 0.376 e. The van der Waals surface area contributed by atoms with Crippen LogP contribution < -0.4 is 0 Å². The molecule has 8 nitrogen and oxygen atoms in total. The van der Waals surface area contributed by atoms with Crippen molar-refractivity contribution < 1.29 is 22.9 Å². The molecule has 1 amide bonds. The number of benzene rings is 2. The average Bonchev–Trinajstić information content (AvgIpc) is 3.42. The lowest BCUT2D eigenvalue weighted by Gasteiger charge is -2.30. The first-order valence-electron chi connectivity index (χ1n) is 10.9. The molecule has 0 spiro atoms. The van der Waals surface area contributed by atoms with Crippen LogP contribution in [0.1, 0.15) is 35.2 Å². The van der Waals surface area contributed by atoms with Gasteiger partial charge in [0, 0.05) is 35.7 Å². The maximum Gasteiger partial charge on any atom is 0.284 e. The van der Waals surface area contributed by atoms with Gasteiger partial charge in [0.25, 0.3) is 11.6 Å². The number of nitro groups is 1. The van der Waals surface area contributed by atoms with E-state index < -0.39 is 26.7 Å². The number of hydrogen-bond donors (Lipinski definition) is 0. The van der Waals surface area contributed by atoms with Gasteiger partial charge in [-0.2, -0.15) is 0 Å². The second-order valence-corrected chi connectivity index (χ2v) is 11.8. The Kier molecular flexibility index (Phi) is 7.06. The average molecular weight is 491 g/mol.